The third-order valence-corrected chi connectivity index (χ3v) is 3.36. The van der Waals surface area contributed by atoms with Crippen molar-refractivity contribution >= 4 is 17.6 Å². The molecule has 2 aromatic carbocycles. The molecule has 0 heterocycles. The Kier molecular flexibility index (Phi) is 5.25. The van der Waals surface area contributed by atoms with E-state index in [0.717, 1.165) is 0 Å². The first-order valence-corrected chi connectivity index (χ1v) is 6.91. The van der Waals surface area contributed by atoms with Crippen molar-refractivity contribution in [3.05, 3.63) is 53.6 Å². The summed E-state index contributed by atoms with van der Waals surface area (Å²) in [5, 5.41) is 9.60. The Morgan fingerprint density at radius 3 is 2.26 bits per heavy atom. The number of methoxy groups -OCH3 is 3. The number of hydrogen-bond donors (Lipinski definition) is 1. The van der Waals surface area contributed by atoms with E-state index in [4.69, 9.17) is 14.2 Å². The maximum absolute atomic E-state index is 11.7. The van der Waals surface area contributed by atoms with Gasteiger partial charge in [-0.15, -0.1) is 0 Å². The molecule has 0 amide bonds. The van der Waals surface area contributed by atoms with Crippen LogP contribution in [0, 0.1) is 0 Å². The molecular weight excluding hydrogens is 296 g/mol. The zero-order chi connectivity index (χ0) is 16.8. The van der Waals surface area contributed by atoms with Crippen molar-refractivity contribution in [1.82, 2.24) is 0 Å². The molecule has 0 aliphatic carbocycles. The number of carbonyl (C=O) groups is 1. The summed E-state index contributed by atoms with van der Waals surface area (Å²) in [6, 6.07) is 12.2. The maximum Gasteiger partial charge on any atom is 0.336 e. The van der Waals surface area contributed by atoms with Crippen LogP contribution in [0.25, 0.3) is 11.6 Å². The molecule has 5 nitrogen and oxygen atoms in total. The number of para-hydroxylation sites is 1. The molecule has 2 aromatic rings. The fourth-order valence-electron chi connectivity index (χ4n) is 2.23. The van der Waals surface area contributed by atoms with Crippen LogP contribution < -0.4 is 14.2 Å². The molecule has 1 N–H and O–H groups in total. The zero-order valence-electron chi connectivity index (χ0n) is 13.2. The summed E-state index contributed by atoms with van der Waals surface area (Å²) in [7, 11) is 4.58. The van der Waals surface area contributed by atoms with E-state index in [1.165, 1.54) is 14.2 Å². The molecule has 0 radical (unpaired) electrons. The van der Waals surface area contributed by atoms with Gasteiger partial charge in [0.2, 0.25) is 0 Å². The lowest BCUT2D eigenvalue weighted by Gasteiger charge is -2.11. The van der Waals surface area contributed by atoms with E-state index in [-0.39, 0.29) is 5.57 Å². The van der Waals surface area contributed by atoms with Gasteiger partial charge < -0.3 is 19.3 Å². The summed E-state index contributed by atoms with van der Waals surface area (Å²) in [6.07, 6.45) is 1.54. The molecule has 2 rings (SSSR count). The lowest BCUT2D eigenvalue weighted by atomic mass is 10.0. The van der Waals surface area contributed by atoms with E-state index in [9.17, 15) is 9.90 Å². The molecule has 5 heteroatoms. The molecule has 0 bridgehead atoms. The fraction of sp³-hybridized carbons (Fsp3) is 0.167. The van der Waals surface area contributed by atoms with Gasteiger partial charge in [-0.3, -0.25) is 0 Å². The molecule has 0 aliphatic heterocycles. The van der Waals surface area contributed by atoms with E-state index in [2.05, 4.69) is 0 Å². The van der Waals surface area contributed by atoms with Gasteiger partial charge in [0.15, 0.2) is 0 Å². The Bertz CT molecular complexity index is 734. The average Bonchev–Trinajstić information content (AvgIpc) is 2.59. The molecule has 120 valence electrons. The van der Waals surface area contributed by atoms with E-state index in [1.54, 1.807) is 55.7 Å². The monoisotopic (exact) mass is 314 g/mol. The minimum absolute atomic E-state index is 0.106. The Morgan fingerprint density at radius 2 is 1.65 bits per heavy atom. The molecule has 23 heavy (non-hydrogen) atoms. The highest BCUT2D eigenvalue weighted by molar-refractivity contribution is 6.21. The van der Waals surface area contributed by atoms with Crippen LogP contribution in [-0.4, -0.2) is 32.4 Å². The van der Waals surface area contributed by atoms with Gasteiger partial charge in [-0.25, -0.2) is 4.79 Å². The highest BCUT2D eigenvalue weighted by atomic mass is 16.5. The Morgan fingerprint density at radius 1 is 0.957 bits per heavy atom. The molecule has 0 unspecified atom stereocenters. The first-order valence-electron chi connectivity index (χ1n) is 6.91. The molecule has 0 fully saturated rings. The van der Waals surface area contributed by atoms with Crippen molar-refractivity contribution in [3.63, 3.8) is 0 Å². The van der Waals surface area contributed by atoms with Crippen LogP contribution in [0.3, 0.4) is 0 Å². The lowest BCUT2D eigenvalue weighted by molar-refractivity contribution is -0.130. The second-order valence-electron chi connectivity index (χ2n) is 4.67. The third-order valence-electron chi connectivity index (χ3n) is 3.36. The number of ether oxygens (including phenoxy) is 3. The van der Waals surface area contributed by atoms with Gasteiger partial charge in [0.25, 0.3) is 0 Å². The van der Waals surface area contributed by atoms with Gasteiger partial charge in [-0.05, 0) is 30.3 Å². The smallest absolute Gasteiger partial charge is 0.336 e. The van der Waals surface area contributed by atoms with Crippen molar-refractivity contribution in [2.45, 2.75) is 0 Å². The van der Waals surface area contributed by atoms with Crippen molar-refractivity contribution < 1.29 is 24.1 Å². The van der Waals surface area contributed by atoms with Gasteiger partial charge >= 0.3 is 5.97 Å². The predicted octanol–water partition coefficient (Wildman–Crippen LogP) is 3.34. The van der Waals surface area contributed by atoms with Crippen LogP contribution in [0.5, 0.6) is 17.2 Å². The van der Waals surface area contributed by atoms with Gasteiger partial charge in [-0.1, -0.05) is 18.2 Å². The number of benzene rings is 2. The van der Waals surface area contributed by atoms with Crippen LogP contribution in [0.4, 0.5) is 0 Å². The predicted molar refractivity (Wildman–Crippen MR) is 88.0 cm³/mol. The summed E-state index contributed by atoms with van der Waals surface area (Å²) in [4.78, 5) is 11.7. The minimum Gasteiger partial charge on any atom is -0.497 e. The van der Waals surface area contributed by atoms with E-state index >= 15 is 0 Å². The van der Waals surface area contributed by atoms with Crippen LogP contribution in [0.2, 0.25) is 0 Å². The van der Waals surface area contributed by atoms with Gasteiger partial charge in [0, 0.05) is 11.1 Å². The van der Waals surface area contributed by atoms with Crippen molar-refractivity contribution in [2.75, 3.05) is 21.3 Å². The SMILES string of the molecule is COc1ccc(OC)c(/C=C(\C(=O)O)c2ccccc2OC)c1. The molecular formula is C18H18O5. The van der Waals surface area contributed by atoms with Crippen molar-refractivity contribution in [2.24, 2.45) is 0 Å². The van der Waals surface area contributed by atoms with Gasteiger partial charge in [0.05, 0.1) is 26.9 Å². The average molecular weight is 314 g/mol. The Balaban J connectivity index is 2.62. The van der Waals surface area contributed by atoms with E-state index < -0.39 is 5.97 Å². The Labute approximate surface area is 134 Å². The zero-order valence-corrected chi connectivity index (χ0v) is 13.2. The first-order chi connectivity index (χ1) is 11.1. The molecule has 0 aromatic heterocycles. The van der Waals surface area contributed by atoms with E-state index in [1.807, 2.05) is 0 Å². The van der Waals surface area contributed by atoms with Gasteiger partial charge in [-0.2, -0.15) is 0 Å². The topological polar surface area (TPSA) is 65.0 Å². The number of carboxylic acids is 1. The molecule has 0 aliphatic rings. The van der Waals surface area contributed by atoms with Gasteiger partial charge in [0.1, 0.15) is 17.2 Å². The maximum atomic E-state index is 11.7. The number of aliphatic carboxylic acids is 1. The van der Waals surface area contributed by atoms with Crippen molar-refractivity contribution in [3.8, 4) is 17.2 Å². The molecule has 0 saturated carbocycles. The van der Waals surface area contributed by atoms with Crippen LogP contribution >= 0.6 is 0 Å². The normalized spacial score (nSPS) is 11.0. The summed E-state index contributed by atoms with van der Waals surface area (Å²) >= 11 is 0. The quantitative estimate of drug-likeness (QED) is 0.654. The third kappa shape index (κ3) is 3.63. The highest BCUT2D eigenvalue weighted by Gasteiger charge is 2.16. The fourth-order valence-corrected chi connectivity index (χ4v) is 2.23. The molecule has 0 atom stereocenters. The van der Waals surface area contributed by atoms with Crippen molar-refractivity contribution in [1.29, 1.82) is 0 Å². The summed E-state index contributed by atoms with van der Waals surface area (Å²) in [6.45, 7) is 0. The van der Waals surface area contributed by atoms with Crippen LogP contribution in [0.15, 0.2) is 42.5 Å². The lowest BCUT2D eigenvalue weighted by Crippen LogP contribution is -2.02. The minimum atomic E-state index is -1.06. The second-order valence-corrected chi connectivity index (χ2v) is 4.67. The molecule has 0 saturated heterocycles. The summed E-state index contributed by atoms with van der Waals surface area (Å²) in [5.74, 6) is 0.601. The highest BCUT2D eigenvalue weighted by Crippen LogP contribution is 2.31. The number of carboxylic acid groups (broad SMARTS) is 1. The Hall–Kier alpha value is -2.95. The number of hydrogen-bond acceptors (Lipinski definition) is 4. The standard InChI is InChI=1S/C18H18O5/c1-21-13-8-9-16(22-2)12(10-13)11-15(18(19)20)14-6-4-5-7-17(14)23-3/h4-11H,1-3H3,(H,19,20)/b15-11-. The van der Waals surface area contributed by atoms with Crippen LogP contribution in [-0.2, 0) is 4.79 Å². The van der Waals surface area contributed by atoms with E-state index in [0.29, 0.717) is 28.4 Å². The second kappa shape index (κ2) is 7.35. The molecule has 0 spiro atoms. The number of rotatable bonds is 6. The first kappa shape index (κ1) is 16.4. The van der Waals surface area contributed by atoms with Crippen LogP contribution in [0.1, 0.15) is 11.1 Å². The summed E-state index contributed by atoms with van der Waals surface area (Å²) in [5.41, 5.74) is 1.21. The summed E-state index contributed by atoms with van der Waals surface area (Å²) < 4.78 is 15.7. The largest absolute Gasteiger partial charge is 0.497 e.